The van der Waals surface area contributed by atoms with Gasteiger partial charge in [-0.15, -0.1) is 10.2 Å². The van der Waals surface area contributed by atoms with Crippen LogP contribution in [0.1, 0.15) is 0 Å². The highest BCUT2D eigenvalue weighted by atomic mass is 79.9. The van der Waals surface area contributed by atoms with Crippen molar-refractivity contribution in [3.63, 3.8) is 0 Å². The zero-order chi connectivity index (χ0) is 24.5. The number of anilines is 1. The Kier molecular flexibility index (Phi) is 6.09. The van der Waals surface area contributed by atoms with E-state index in [1.165, 1.54) is 11.7 Å². The van der Waals surface area contributed by atoms with Crippen LogP contribution in [0.4, 0.5) is 5.82 Å². The molecule has 1 amide bonds. The van der Waals surface area contributed by atoms with Gasteiger partial charge in [-0.3, -0.25) is 14.6 Å². The molecule has 5 aromatic rings. The average molecular weight is 554 g/mol. The summed E-state index contributed by atoms with van der Waals surface area (Å²) in [6.07, 6.45) is 0. The molecule has 13 heteroatoms. The van der Waals surface area contributed by atoms with E-state index in [0.29, 0.717) is 27.8 Å². The predicted molar refractivity (Wildman–Crippen MR) is 135 cm³/mol. The summed E-state index contributed by atoms with van der Waals surface area (Å²) in [6.45, 7) is 0. The second-order valence-electron chi connectivity index (χ2n) is 7.30. The first-order valence-electron chi connectivity index (χ1n) is 10.2. The molecule has 3 aromatic heterocycles. The molecule has 0 saturated heterocycles. The van der Waals surface area contributed by atoms with Crippen molar-refractivity contribution in [2.45, 2.75) is 5.16 Å². The largest absolute Gasteiger partial charge is 0.497 e. The number of rotatable bonds is 6. The summed E-state index contributed by atoms with van der Waals surface area (Å²) in [5, 5.41) is 12.2. The molecule has 0 saturated carbocycles. The number of ether oxygens (including phenoxy) is 1. The summed E-state index contributed by atoms with van der Waals surface area (Å²) in [5.41, 5.74) is 1.18. The Morgan fingerprint density at radius 1 is 1.11 bits per heavy atom. The lowest BCUT2D eigenvalue weighted by Crippen LogP contribution is -2.32. The molecule has 0 unspecified atom stereocenters. The van der Waals surface area contributed by atoms with Gasteiger partial charge in [0.25, 0.3) is 5.56 Å². The number of methoxy groups -OCH3 is 1. The minimum Gasteiger partial charge on any atom is -0.497 e. The van der Waals surface area contributed by atoms with Gasteiger partial charge in [0.2, 0.25) is 11.1 Å². The van der Waals surface area contributed by atoms with Crippen LogP contribution in [0.3, 0.4) is 0 Å². The second-order valence-corrected chi connectivity index (χ2v) is 9.16. The molecule has 5 rings (SSSR count). The maximum Gasteiger partial charge on any atom is 0.334 e. The van der Waals surface area contributed by atoms with Crippen LogP contribution in [0.5, 0.6) is 5.75 Å². The number of benzene rings is 2. The molecule has 176 valence electrons. The lowest BCUT2D eigenvalue weighted by molar-refractivity contribution is -0.113. The van der Waals surface area contributed by atoms with Crippen LogP contribution in [-0.2, 0) is 4.79 Å². The number of halogens is 1. The number of thioether (sulfide) groups is 1. The number of fused-ring (bicyclic) bond motifs is 3. The number of aromatic amines is 2. The number of carbonyl (C=O) groups excluding carboxylic acids is 1. The number of nitrogens with one attached hydrogen (secondary N) is 3. The fraction of sp³-hybridized carbons (Fsp3) is 0.0909. The van der Waals surface area contributed by atoms with Crippen molar-refractivity contribution in [2.24, 2.45) is 0 Å². The Labute approximate surface area is 209 Å². The monoisotopic (exact) mass is 553 g/mol. The van der Waals surface area contributed by atoms with Crippen LogP contribution < -0.4 is 21.3 Å². The minimum absolute atomic E-state index is 0.0326. The highest BCUT2D eigenvalue weighted by molar-refractivity contribution is 9.10. The van der Waals surface area contributed by atoms with Gasteiger partial charge in [-0.2, -0.15) is 0 Å². The van der Waals surface area contributed by atoms with Crippen LogP contribution in [0.25, 0.3) is 27.8 Å². The molecule has 0 fully saturated rings. The number of amides is 1. The van der Waals surface area contributed by atoms with Gasteiger partial charge in [0.05, 0.1) is 18.6 Å². The van der Waals surface area contributed by atoms with E-state index in [4.69, 9.17) is 4.74 Å². The SMILES string of the molecule is COc1ccc(-n2c(NC(=O)CSc3nnc4c(n3)[nH]c3ccc(Br)cc34)cc(=O)[nH]c2=O)cc1. The van der Waals surface area contributed by atoms with Crippen molar-refractivity contribution in [3.05, 3.63) is 73.8 Å². The van der Waals surface area contributed by atoms with Gasteiger partial charge < -0.3 is 15.0 Å². The first-order valence-corrected chi connectivity index (χ1v) is 11.9. The summed E-state index contributed by atoms with van der Waals surface area (Å²) in [4.78, 5) is 46.9. The van der Waals surface area contributed by atoms with E-state index < -0.39 is 17.2 Å². The van der Waals surface area contributed by atoms with Gasteiger partial charge in [0.1, 0.15) is 17.1 Å². The number of aromatic nitrogens is 6. The Hall–Kier alpha value is -3.97. The topological polar surface area (TPSA) is 148 Å². The van der Waals surface area contributed by atoms with E-state index in [9.17, 15) is 14.4 Å². The molecule has 0 aliphatic heterocycles. The van der Waals surface area contributed by atoms with E-state index in [1.54, 1.807) is 24.3 Å². The van der Waals surface area contributed by atoms with Gasteiger partial charge in [-0.1, -0.05) is 27.7 Å². The summed E-state index contributed by atoms with van der Waals surface area (Å²) >= 11 is 4.52. The highest BCUT2D eigenvalue weighted by Gasteiger charge is 2.14. The Morgan fingerprint density at radius 3 is 2.69 bits per heavy atom. The van der Waals surface area contributed by atoms with E-state index in [0.717, 1.165) is 33.2 Å². The maximum absolute atomic E-state index is 12.7. The fourth-order valence-electron chi connectivity index (χ4n) is 3.47. The van der Waals surface area contributed by atoms with Crippen molar-refractivity contribution in [2.75, 3.05) is 18.2 Å². The summed E-state index contributed by atoms with van der Waals surface area (Å²) < 4.78 is 7.24. The second kappa shape index (κ2) is 9.35. The number of carbonyl (C=O) groups is 1. The van der Waals surface area contributed by atoms with E-state index in [1.807, 2.05) is 18.2 Å². The Balaban J connectivity index is 1.36. The molecule has 0 atom stereocenters. The molecule has 2 aromatic carbocycles. The van der Waals surface area contributed by atoms with Crippen LogP contribution in [0.15, 0.2) is 67.7 Å². The fourth-order valence-corrected chi connectivity index (χ4v) is 4.42. The summed E-state index contributed by atoms with van der Waals surface area (Å²) in [6, 6.07) is 13.5. The third-order valence-electron chi connectivity index (χ3n) is 5.03. The molecular weight excluding hydrogens is 538 g/mol. The molecule has 0 radical (unpaired) electrons. The molecule has 11 nitrogen and oxygen atoms in total. The van der Waals surface area contributed by atoms with Crippen LogP contribution in [0, 0.1) is 0 Å². The van der Waals surface area contributed by atoms with Gasteiger partial charge in [-0.25, -0.2) is 14.3 Å². The summed E-state index contributed by atoms with van der Waals surface area (Å²) in [7, 11) is 1.53. The lowest BCUT2D eigenvalue weighted by Gasteiger charge is -2.13. The Bertz CT molecular complexity index is 1700. The maximum atomic E-state index is 12.7. The van der Waals surface area contributed by atoms with E-state index in [-0.39, 0.29) is 11.6 Å². The molecular formula is C22H16BrN7O4S. The van der Waals surface area contributed by atoms with Crippen molar-refractivity contribution in [3.8, 4) is 11.4 Å². The standard InChI is InChI=1S/C22H16BrN7O4S/c1-34-13-5-3-12(4-6-13)30-16(9-17(31)26-22(30)33)25-18(32)10-35-21-27-20-19(28-29-21)14-8-11(23)2-7-15(14)24-20/h2-9H,10H2,1H3,(H,25,32)(H,24,27,29)(H,26,31,33). The molecule has 35 heavy (non-hydrogen) atoms. The van der Waals surface area contributed by atoms with E-state index in [2.05, 4.69) is 46.4 Å². The third-order valence-corrected chi connectivity index (χ3v) is 6.36. The predicted octanol–water partition coefficient (Wildman–Crippen LogP) is 2.85. The number of hydrogen-bond acceptors (Lipinski definition) is 8. The first kappa shape index (κ1) is 22.8. The normalized spacial score (nSPS) is 11.1. The summed E-state index contributed by atoms with van der Waals surface area (Å²) in [5.74, 6) is 0.112. The molecule has 0 aliphatic rings. The lowest BCUT2D eigenvalue weighted by atomic mass is 10.2. The van der Waals surface area contributed by atoms with Crippen molar-refractivity contribution >= 4 is 61.5 Å². The van der Waals surface area contributed by atoms with E-state index >= 15 is 0 Å². The molecule has 0 aliphatic carbocycles. The smallest absolute Gasteiger partial charge is 0.334 e. The molecule has 0 spiro atoms. The third kappa shape index (κ3) is 4.68. The average Bonchev–Trinajstić information content (AvgIpc) is 3.19. The number of hydrogen-bond donors (Lipinski definition) is 3. The van der Waals surface area contributed by atoms with Crippen molar-refractivity contribution in [1.82, 2.24) is 29.7 Å². The minimum atomic E-state index is -0.686. The van der Waals surface area contributed by atoms with Gasteiger partial charge in [0, 0.05) is 21.4 Å². The molecule has 0 bridgehead atoms. The number of nitrogens with zero attached hydrogens (tertiary/aromatic N) is 4. The van der Waals surface area contributed by atoms with Crippen LogP contribution >= 0.6 is 27.7 Å². The van der Waals surface area contributed by atoms with Gasteiger partial charge >= 0.3 is 5.69 Å². The molecule has 3 N–H and O–H groups in total. The molecule has 3 heterocycles. The van der Waals surface area contributed by atoms with Crippen molar-refractivity contribution < 1.29 is 9.53 Å². The zero-order valence-electron chi connectivity index (χ0n) is 18.0. The van der Waals surface area contributed by atoms with Crippen molar-refractivity contribution in [1.29, 1.82) is 0 Å². The zero-order valence-corrected chi connectivity index (χ0v) is 20.4. The first-order chi connectivity index (χ1) is 16.9. The van der Waals surface area contributed by atoms with Gasteiger partial charge in [0.15, 0.2) is 5.65 Å². The van der Waals surface area contributed by atoms with Crippen LogP contribution in [-0.4, -0.2) is 48.5 Å². The highest BCUT2D eigenvalue weighted by Crippen LogP contribution is 2.26. The Morgan fingerprint density at radius 2 is 1.91 bits per heavy atom. The number of H-pyrrole nitrogens is 2. The van der Waals surface area contributed by atoms with Crippen LogP contribution in [0.2, 0.25) is 0 Å². The quantitative estimate of drug-likeness (QED) is 0.272. The van der Waals surface area contributed by atoms with Gasteiger partial charge in [-0.05, 0) is 42.5 Å².